The first-order valence-corrected chi connectivity index (χ1v) is 11.2. The highest BCUT2D eigenvalue weighted by atomic mass is 127. The molecule has 0 N–H and O–H groups in total. The Morgan fingerprint density at radius 2 is 1.64 bits per heavy atom. The summed E-state index contributed by atoms with van der Waals surface area (Å²) in [7, 11) is 1.49. The van der Waals surface area contributed by atoms with Crippen molar-refractivity contribution in [2.75, 3.05) is 7.11 Å². The number of halogens is 1. The van der Waals surface area contributed by atoms with E-state index in [1.165, 1.54) is 7.11 Å². The molecular formula is C26H20INO5. The standard InChI is InChI=1S/C26H20INO5/c1-15-4-8-18(9-5-15)24-28-21(26(30)33-24)13-17-12-20(27)23(22(14-17)31-3)32-25(29)19-10-6-16(2)7-11-19/h4-14H,1-3H3/b21-13-. The number of aliphatic imine (C=N–C) groups is 1. The van der Waals surface area contributed by atoms with E-state index >= 15 is 0 Å². The van der Waals surface area contributed by atoms with Crippen molar-refractivity contribution in [3.63, 3.8) is 0 Å². The lowest BCUT2D eigenvalue weighted by atomic mass is 10.1. The molecule has 33 heavy (non-hydrogen) atoms. The maximum absolute atomic E-state index is 12.6. The van der Waals surface area contributed by atoms with Crippen LogP contribution in [0.3, 0.4) is 0 Å². The molecule has 0 bridgehead atoms. The van der Waals surface area contributed by atoms with Crippen LogP contribution in [0.2, 0.25) is 0 Å². The zero-order valence-electron chi connectivity index (χ0n) is 18.2. The Morgan fingerprint density at radius 3 is 2.27 bits per heavy atom. The number of benzene rings is 3. The number of esters is 2. The van der Waals surface area contributed by atoms with Crippen molar-refractivity contribution in [1.82, 2.24) is 0 Å². The number of carbonyl (C=O) groups excluding carboxylic acids is 2. The molecule has 0 spiro atoms. The number of hydrogen-bond acceptors (Lipinski definition) is 6. The van der Waals surface area contributed by atoms with E-state index in [0.717, 1.165) is 16.7 Å². The number of carbonyl (C=O) groups is 2. The largest absolute Gasteiger partial charge is 0.493 e. The molecule has 0 amide bonds. The highest BCUT2D eigenvalue weighted by Crippen LogP contribution is 2.35. The lowest BCUT2D eigenvalue weighted by Crippen LogP contribution is -2.10. The van der Waals surface area contributed by atoms with Gasteiger partial charge in [0.1, 0.15) is 0 Å². The van der Waals surface area contributed by atoms with Gasteiger partial charge in [0.25, 0.3) is 0 Å². The van der Waals surface area contributed by atoms with Crippen molar-refractivity contribution in [1.29, 1.82) is 0 Å². The van der Waals surface area contributed by atoms with Gasteiger partial charge in [-0.15, -0.1) is 0 Å². The first kappa shape index (κ1) is 22.7. The molecule has 1 heterocycles. The first-order chi connectivity index (χ1) is 15.8. The molecule has 0 fully saturated rings. The van der Waals surface area contributed by atoms with E-state index in [-0.39, 0.29) is 11.6 Å². The molecule has 0 radical (unpaired) electrons. The summed E-state index contributed by atoms with van der Waals surface area (Å²) in [5.74, 6) is -0.0815. The Kier molecular flexibility index (Phi) is 6.60. The van der Waals surface area contributed by atoms with Gasteiger partial charge < -0.3 is 14.2 Å². The van der Waals surface area contributed by atoms with Crippen LogP contribution in [0.4, 0.5) is 0 Å². The molecule has 1 aliphatic rings. The average molecular weight is 553 g/mol. The van der Waals surface area contributed by atoms with Gasteiger partial charge in [-0.1, -0.05) is 35.4 Å². The van der Waals surface area contributed by atoms with Crippen LogP contribution in [0, 0.1) is 17.4 Å². The minimum atomic E-state index is -0.533. The van der Waals surface area contributed by atoms with Crippen molar-refractivity contribution >= 4 is 46.5 Å². The fraction of sp³-hybridized carbons (Fsp3) is 0.115. The highest BCUT2D eigenvalue weighted by Gasteiger charge is 2.25. The highest BCUT2D eigenvalue weighted by molar-refractivity contribution is 14.1. The second kappa shape index (κ2) is 9.58. The average Bonchev–Trinajstić information content (AvgIpc) is 3.16. The van der Waals surface area contributed by atoms with E-state index in [1.807, 2.05) is 50.2 Å². The molecule has 0 unspecified atom stereocenters. The van der Waals surface area contributed by atoms with E-state index in [2.05, 4.69) is 27.6 Å². The Morgan fingerprint density at radius 1 is 1.00 bits per heavy atom. The molecule has 3 aromatic rings. The third-order valence-corrected chi connectivity index (χ3v) is 5.76. The van der Waals surface area contributed by atoms with Gasteiger partial charge >= 0.3 is 11.9 Å². The van der Waals surface area contributed by atoms with Gasteiger partial charge in [0.15, 0.2) is 17.2 Å². The summed E-state index contributed by atoms with van der Waals surface area (Å²) in [6.45, 7) is 3.93. The molecule has 166 valence electrons. The Labute approximate surface area is 205 Å². The third-order valence-electron chi connectivity index (χ3n) is 4.96. The SMILES string of the molecule is COc1cc(/C=C2\N=C(c3ccc(C)cc3)OC2=O)cc(I)c1OC(=O)c1ccc(C)cc1. The molecule has 4 rings (SSSR count). The second-order valence-electron chi connectivity index (χ2n) is 7.49. The smallest absolute Gasteiger partial charge is 0.363 e. The zero-order valence-corrected chi connectivity index (χ0v) is 20.4. The van der Waals surface area contributed by atoms with Crippen LogP contribution in [0.1, 0.15) is 32.6 Å². The predicted octanol–water partition coefficient (Wildman–Crippen LogP) is 5.48. The van der Waals surface area contributed by atoms with Crippen LogP contribution in [0.5, 0.6) is 11.5 Å². The summed E-state index contributed by atoms with van der Waals surface area (Å²) in [4.78, 5) is 29.3. The number of cyclic esters (lactones) is 1. The van der Waals surface area contributed by atoms with Gasteiger partial charge in [-0.05, 0) is 84.5 Å². The zero-order chi connectivity index (χ0) is 23.5. The molecule has 0 saturated heterocycles. The number of rotatable bonds is 5. The molecule has 0 aromatic heterocycles. The van der Waals surface area contributed by atoms with Crippen LogP contribution < -0.4 is 9.47 Å². The van der Waals surface area contributed by atoms with E-state index in [4.69, 9.17) is 14.2 Å². The maximum atomic E-state index is 12.6. The van der Waals surface area contributed by atoms with Crippen LogP contribution in [0.25, 0.3) is 6.08 Å². The first-order valence-electron chi connectivity index (χ1n) is 10.1. The van der Waals surface area contributed by atoms with Crippen LogP contribution in [0.15, 0.2) is 71.4 Å². The molecule has 7 heteroatoms. The normalized spacial score (nSPS) is 14.1. The van der Waals surface area contributed by atoms with Gasteiger partial charge in [-0.25, -0.2) is 14.6 Å². The summed E-state index contributed by atoms with van der Waals surface area (Å²) in [6.07, 6.45) is 1.61. The van der Waals surface area contributed by atoms with Crippen LogP contribution >= 0.6 is 22.6 Å². The number of hydrogen-bond donors (Lipinski definition) is 0. The fourth-order valence-corrected chi connectivity index (χ4v) is 3.89. The van der Waals surface area contributed by atoms with Gasteiger partial charge in [0, 0.05) is 5.56 Å². The molecule has 6 nitrogen and oxygen atoms in total. The monoisotopic (exact) mass is 553 g/mol. The molecule has 0 aliphatic carbocycles. The van der Waals surface area contributed by atoms with E-state index in [0.29, 0.717) is 26.2 Å². The van der Waals surface area contributed by atoms with Crippen molar-refractivity contribution in [3.05, 3.63) is 97.7 Å². The van der Waals surface area contributed by atoms with Crippen LogP contribution in [-0.2, 0) is 9.53 Å². The Balaban J connectivity index is 1.61. The number of ether oxygens (including phenoxy) is 3. The topological polar surface area (TPSA) is 74.2 Å². The lowest BCUT2D eigenvalue weighted by Gasteiger charge is -2.12. The lowest BCUT2D eigenvalue weighted by molar-refractivity contribution is -0.129. The summed E-state index contributed by atoms with van der Waals surface area (Å²) in [6, 6.07) is 18.1. The van der Waals surface area contributed by atoms with Crippen molar-refractivity contribution in [3.8, 4) is 11.5 Å². The van der Waals surface area contributed by atoms with Crippen molar-refractivity contribution in [2.45, 2.75) is 13.8 Å². The molecule has 0 atom stereocenters. The van der Waals surface area contributed by atoms with Crippen LogP contribution in [-0.4, -0.2) is 24.9 Å². The van der Waals surface area contributed by atoms with Crippen molar-refractivity contribution < 1.29 is 23.8 Å². The maximum Gasteiger partial charge on any atom is 0.363 e. The second-order valence-corrected chi connectivity index (χ2v) is 8.65. The van der Waals surface area contributed by atoms with Gasteiger partial charge in [0.05, 0.1) is 16.2 Å². The molecule has 1 aliphatic heterocycles. The number of methoxy groups -OCH3 is 1. The van der Waals surface area contributed by atoms with E-state index in [9.17, 15) is 9.59 Å². The Hall–Kier alpha value is -3.46. The van der Waals surface area contributed by atoms with E-state index < -0.39 is 11.9 Å². The quantitative estimate of drug-likeness (QED) is 0.181. The Bertz CT molecular complexity index is 1290. The minimum Gasteiger partial charge on any atom is -0.493 e. The summed E-state index contributed by atoms with van der Waals surface area (Å²) in [5, 5.41) is 0. The summed E-state index contributed by atoms with van der Waals surface area (Å²) < 4.78 is 17.0. The summed E-state index contributed by atoms with van der Waals surface area (Å²) in [5.41, 5.74) is 4.15. The minimum absolute atomic E-state index is 0.174. The molecular weight excluding hydrogens is 533 g/mol. The summed E-state index contributed by atoms with van der Waals surface area (Å²) >= 11 is 2.06. The van der Waals surface area contributed by atoms with Gasteiger partial charge in [-0.2, -0.15) is 0 Å². The predicted molar refractivity (Wildman–Crippen MR) is 134 cm³/mol. The molecule has 3 aromatic carbocycles. The van der Waals surface area contributed by atoms with Crippen molar-refractivity contribution in [2.24, 2.45) is 4.99 Å². The van der Waals surface area contributed by atoms with Gasteiger partial charge in [0.2, 0.25) is 5.90 Å². The van der Waals surface area contributed by atoms with Gasteiger partial charge in [-0.3, -0.25) is 0 Å². The number of nitrogens with zero attached hydrogens (tertiary/aromatic N) is 1. The molecule has 0 saturated carbocycles. The number of aryl methyl sites for hydroxylation is 2. The third kappa shape index (κ3) is 5.14. The van der Waals surface area contributed by atoms with E-state index in [1.54, 1.807) is 30.3 Å². The fourth-order valence-electron chi connectivity index (χ4n) is 3.15.